The number of hydrogen-bond acceptors (Lipinski definition) is 1. The van der Waals surface area contributed by atoms with Gasteiger partial charge in [-0.1, -0.05) is 61.4 Å². The van der Waals surface area contributed by atoms with Crippen LogP contribution in [-0.4, -0.2) is 16.9 Å². The van der Waals surface area contributed by atoms with E-state index in [1.165, 1.54) is 32.1 Å². The SMILES string of the molecule is CBr.CCCCCCCCCC(=O)O. The molecule has 0 aliphatic heterocycles. The molecule has 0 rings (SSSR count). The largest absolute Gasteiger partial charge is 0.481 e. The average Bonchev–Trinajstić information content (AvgIpc) is 2.19. The van der Waals surface area contributed by atoms with Crippen LogP contribution in [0.4, 0.5) is 0 Å². The Kier molecular flexibility index (Phi) is 18.0. The van der Waals surface area contributed by atoms with Gasteiger partial charge in [0.1, 0.15) is 0 Å². The van der Waals surface area contributed by atoms with Gasteiger partial charge >= 0.3 is 5.97 Å². The second-order valence-corrected chi connectivity index (χ2v) is 3.27. The molecule has 0 atom stereocenters. The predicted molar refractivity (Wildman–Crippen MR) is 65.1 cm³/mol. The second-order valence-electron chi connectivity index (χ2n) is 3.27. The summed E-state index contributed by atoms with van der Waals surface area (Å²) in [5.74, 6) is 1.15. The highest BCUT2D eigenvalue weighted by Crippen LogP contribution is 2.07. The van der Waals surface area contributed by atoms with Crippen molar-refractivity contribution < 1.29 is 9.90 Å². The highest BCUT2D eigenvalue weighted by Gasteiger charge is 1.95. The summed E-state index contributed by atoms with van der Waals surface area (Å²) >= 11 is 2.94. The maximum atomic E-state index is 10.1. The molecule has 0 aliphatic carbocycles. The Labute approximate surface area is 96.2 Å². The van der Waals surface area contributed by atoms with E-state index in [1.54, 1.807) is 0 Å². The summed E-state index contributed by atoms with van der Waals surface area (Å²) in [5.41, 5.74) is 0. The van der Waals surface area contributed by atoms with Gasteiger partial charge in [0.05, 0.1) is 0 Å². The molecule has 0 aliphatic rings. The standard InChI is InChI=1S/C10H20O2.CH3Br/c1-2-3-4-5-6-7-8-9-10(11)12;1-2/h2-9H2,1H3,(H,11,12);1H3. The Morgan fingerprint density at radius 3 is 1.86 bits per heavy atom. The first-order valence-electron chi connectivity index (χ1n) is 5.37. The minimum atomic E-state index is -0.663. The molecule has 0 aromatic rings. The van der Waals surface area contributed by atoms with Crippen LogP contribution in [0.3, 0.4) is 0 Å². The van der Waals surface area contributed by atoms with Crippen LogP contribution < -0.4 is 0 Å². The third-order valence-corrected chi connectivity index (χ3v) is 1.99. The zero-order valence-electron chi connectivity index (χ0n) is 9.39. The molecule has 2 nitrogen and oxygen atoms in total. The summed E-state index contributed by atoms with van der Waals surface area (Å²) in [6.45, 7) is 2.20. The van der Waals surface area contributed by atoms with Crippen LogP contribution in [0.2, 0.25) is 0 Å². The van der Waals surface area contributed by atoms with Crippen molar-refractivity contribution in [3.05, 3.63) is 0 Å². The number of aliphatic carboxylic acids is 1. The van der Waals surface area contributed by atoms with Crippen molar-refractivity contribution in [1.29, 1.82) is 0 Å². The van der Waals surface area contributed by atoms with E-state index in [4.69, 9.17) is 5.11 Å². The molecule has 0 bridgehead atoms. The van der Waals surface area contributed by atoms with Gasteiger partial charge < -0.3 is 5.11 Å². The summed E-state index contributed by atoms with van der Waals surface area (Å²) in [6, 6.07) is 0. The van der Waals surface area contributed by atoms with Gasteiger partial charge in [0.15, 0.2) is 0 Å². The lowest BCUT2D eigenvalue weighted by Gasteiger charge is -1.98. The van der Waals surface area contributed by atoms with Gasteiger partial charge in [0.25, 0.3) is 0 Å². The highest BCUT2D eigenvalue weighted by molar-refractivity contribution is 9.08. The number of hydrogen-bond donors (Lipinski definition) is 1. The molecule has 0 amide bonds. The van der Waals surface area contributed by atoms with E-state index >= 15 is 0 Å². The van der Waals surface area contributed by atoms with Crippen molar-refractivity contribution in [1.82, 2.24) is 0 Å². The van der Waals surface area contributed by atoms with Crippen LogP contribution in [0.25, 0.3) is 0 Å². The molecule has 0 radical (unpaired) electrons. The number of halogens is 1. The van der Waals surface area contributed by atoms with E-state index in [0.717, 1.165) is 12.8 Å². The average molecular weight is 267 g/mol. The lowest BCUT2D eigenvalue weighted by atomic mass is 10.1. The molecule has 86 valence electrons. The van der Waals surface area contributed by atoms with Gasteiger partial charge in [-0.15, -0.1) is 0 Å². The normalized spacial score (nSPS) is 9.07. The van der Waals surface area contributed by atoms with E-state index < -0.39 is 5.97 Å². The summed E-state index contributed by atoms with van der Waals surface area (Å²) in [7, 11) is 0. The molecule has 0 aromatic carbocycles. The van der Waals surface area contributed by atoms with Crippen molar-refractivity contribution >= 4 is 21.9 Å². The molecular formula is C11H23BrO2. The van der Waals surface area contributed by atoms with Crippen LogP contribution in [-0.2, 0) is 4.79 Å². The lowest BCUT2D eigenvalue weighted by molar-refractivity contribution is -0.137. The van der Waals surface area contributed by atoms with Gasteiger partial charge in [0.2, 0.25) is 0 Å². The van der Waals surface area contributed by atoms with Gasteiger partial charge in [-0.2, -0.15) is 0 Å². The molecule has 0 aromatic heterocycles. The van der Waals surface area contributed by atoms with E-state index in [0.29, 0.717) is 6.42 Å². The quantitative estimate of drug-likeness (QED) is 0.528. The first-order valence-corrected chi connectivity index (χ1v) is 6.95. The fourth-order valence-corrected chi connectivity index (χ4v) is 1.23. The third-order valence-electron chi connectivity index (χ3n) is 1.99. The molecule has 0 saturated carbocycles. The predicted octanol–water partition coefficient (Wildman–Crippen LogP) is 4.22. The fourth-order valence-electron chi connectivity index (χ4n) is 1.23. The zero-order valence-corrected chi connectivity index (χ0v) is 11.0. The maximum absolute atomic E-state index is 10.1. The number of alkyl halides is 1. The Morgan fingerprint density at radius 2 is 1.43 bits per heavy atom. The number of unbranched alkanes of at least 4 members (excludes halogenated alkanes) is 6. The molecule has 1 N–H and O–H groups in total. The van der Waals surface area contributed by atoms with Crippen LogP contribution in [0, 0.1) is 0 Å². The zero-order chi connectivity index (χ0) is 11.2. The molecule has 0 fully saturated rings. The summed E-state index contributed by atoms with van der Waals surface area (Å²) in [4.78, 5) is 10.1. The first kappa shape index (κ1) is 16.4. The number of carbonyl (C=O) groups is 1. The minimum absolute atomic E-state index is 0.341. The van der Waals surface area contributed by atoms with Crippen molar-refractivity contribution in [3.63, 3.8) is 0 Å². The first-order chi connectivity index (χ1) is 6.77. The van der Waals surface area contributed by atoms with Crippen LogP contribution in [0.15, 0.2) is 0 Å². The summed E-state index contributed by atoms with van der Waals surface area (Å²) in [5, 5.41) is 8.35. The molecule has 14 heavy (non-hydrogen) atoms. The van der Waals surface area contributed by atoms with Crippen molar-refractivity contribution in [3.8, 4) is 0 Å². The van der Waals surface area contributed by atoms with E-state index in [2.05, 4.69) is 22.9 Å². The number of carboxylic acids is 1. The molecule has 0 unspecified atom stereocenters. The van der Waals surface area contributed by atoms with Crippen LogP contribution in [0.5, 0.6) is 0 Å². The number of rotatable bonds is 8. The van der Waals surface area contributed by atoms with Crippen molar-refractivity contribution in [2.24, 2.45) is 0 Å². The molecule has 0 heterocycles. The molecule has 0 spiro atoms. The second kappa shape index (κ2) is 15.4. The Balaban J connectivity index is 0. The summed E-state index contributed by atoms with van der Waals surface area (Å²) in [6.07, 6.45) is 8.64. The van der Waals surface area contributed by atoms with E-state index in [1.807, 2.05) is 5.83 Å². The van der Waals surface area contributed by atoms with Gasteiger partial charge in [0, 0.05) is 6.42 Å². The molecule has 0 saturated heterocycles. The Hall–Kier alpha value is -0.0500. The monoisotopic (exact) mass is 266 g/mol. The highest BCUT2D eigenvalue weighted by atomic mass is 79.9. The summed E-state index contributed by atoms with van der Waals surface area (Å²) < 4.78 is 0. The minimum Gasteiger partial charge on any atom is -0.481 e. The van der Waals surface area contributed by atoms with Gasteiger partial charge in [-0.05, 0) is 12.3 Å². The van der Waals surface area contributed by atoms with E-state index in [9.17, 15) is 4.79 Å². The lowest BCUT2D eigenvalue weighted by Crippen LogP contribution is -1.93. The van der Waals surface area contributed by atoms with Crippen LogP contribution >= 0.6 is 15.9 Å². The van der Waals surface area contributed by atoms with Gasteiger partial charge in [-0.25, -0.2) is 0 Å². The van der Waals surface area contributed by atoms with E-state index in [-0.39, 0.29) is 0 Å². The van der Waals surface area contributed by atoms with Gasteiger partial charge in [-0.3, -0.25) is 4.79 Å². The topological polar surface area (TPSA) is 37.3 Å². The van der Waals surface area contributed by atoms with Crippen molar-refractivity contribution in [2.75, 3.05) is 5.83 Å². The molecule has 3 heteroatoms. The van der Waals surface area contributed by atoms with Crippen molar-refractivity contribution in [2.45, 2.75) is 58.3 Å². The fraction of sp³-hybridized carbons (Fsp3) is 0.909. The third kappa shape index (κ3) is 17.9. The molecular weight excluding hydrogens is 244 g/mol. The maximum Gasteiger partial charge on any atom is 0.303 e. The Morgan fingerprint density at radius 1 is 1.00 bits per heavy atom. The number of carboxylic acid groups (broad SMARTS) is 1. The Bertz CT molecular complexity index is 116. The van der Waals surface area contributed by atoms with Crippen LogP contribution in [0.1, 0.15) is 58.3 Å². The smallest absolute Gasteiger partial charge is 0.303 e.